The van der Waals surface area contributed by atoms with Gasteiger partial charge in [0.1, 0.15) is 23.5 Å². The average molecular weight is 469 g/mol. The Labute approximate surface area is 183 Å². The Hall–Kier alpha value is -2.70. The lowest BCUT2D eigenvalue weighted by molar-refractivity contribution is 0.340. The number of aromatic hydroxyl groups is 1. The predicted molar refractivity (Wildman–Crippen MR) is 120 cm³/mol. The molecule has 154 valence electrons. The van der Waals surface area contributed by atoms with E-state index in [-0.39, 0.29) is 23.8 Å². The molecule has 6 heteroatoms. The van der Waals surface area contributed by atoms with Crippen LogP contribution in [0.25, 0.3) is 0 Å². The maximum Gasteiger partial charge on any atom is 0.126 e. The van der Waals surface area contributed by atoms with Gasteiger partial charge >= 0.3 is 0 Å². The number of benzene rings is 3. The molecule has 0 fully saturated rings. The average Bonchev–Trinajstić information content (AvgIpc) is 2.76. The summed E-state index contributed by atoms with van der Waals surface area (Å²) < 4.78 is 19.9. The van der Waals surface area contributed by atoms with Crippen molar-refractivity contribution in [2.45, 2.75) is 25.6 Å². The Bertz CT molecular complexity index is 1050. The third-order valence-electron chi connectivity index (χ3n) is 5.09. The first-order valence-electron chi connectivity index (χ1n) is 9.83. The number of rotatable bonds is 5. The summed E-state index contributed by atoms with van der Waals surface area (Å²) in [5.41, 5.74) is 3.55. The summed E-state index contributed by atoms with van der Waals surface area (Å²) in [6.45, 7) is 2.56. The third-order valence-corrected chi connectivity index (χ3v) is 5.58. The Morgan fingerprint density at radius 2 is 1.83 bits per heavy atom. The zero-order valence-electron chi connectivity index (χ0n) is 16.5. The van der Waals surface area contributed by atoms with Crippen molar-refractivity contribution in [3.8, 4) is 11.5 Å². The number of aliphatic imine (C=N–C) groups is 1. The number of ether oxygens (including phenoxy) is 1. The van der Waals surface area contributed by atoms with Crippen molar-refractivity contribution in [3.63, 3.8) is 0 Å². The van der Waals surface area contributed by atoms with E-state index in [9.17, 15) is 9.50 Å². The highest BCUT2D eigenvalue weighted by molar-refractivity contribution is 9.10. The van der Waals surface area contributed by atoms with Crippen molar-refractivity contribution in [1.82, 2.24) is 5.32 Å². The van der Waals surface area contributed by atoms with E-state index < -0.39 is 0 Å². The minimum absolute atomic E-state index is 0.156. The molecule has 0 aromatic heterocycles. The highest BCUT2D eigenvalue weighted by Gasteiger charge is 2.28. The van der Waals surface area contributed by atoms with Crippen molar-refractivity contribution >= 4 is 21.6 Å². The molecule has 0 radical (unpaired) electrons. The summed E-state index contributed by atoms with van der Waals surface area (Å²) in [6, 6.07) is 19.4. The van der Waals surface area contributed by atoms with Crippen LogP contribution in [0, 0.1) is 5.82 Å². The van der Waals surface area contributed by atoms with Crippen molar-refractivity contribution in [3.05, 3.63) is 93.7 Å². The Morgan fingerprint density at radius 3 is 2.53 bits per heavy atom. The first-order chi connectivity index (χ1) is 14.5. The fourth-order valence-corrected chi connectivity index (χ4v) is 3.99. The maximum absolute atomic E-state index is 13.4. The first kappa shape index (κ1) is 20.6. The van der Waals surface area contributed by atoms with Crippen LogP contribution in [0.3, 0.4) is 0 Å². The van der Waals surface area contributed by atoms with Crippen LogP contribution in [-0.2, 0) is 0 Å². The van der Waals surface area contributed by atoms with E-state index in [0.717, 1.165) is 32.6 Å². The van der Waals surface area contributed by atoms with Gasteiger partial charge in [-0.25, -0.2) is 4.39 Å². The van der Waals surface area contributed by atoms with Crippen LogP contribution in [0.1, 0.15) is 42.2 Å². The van der Waals surface area contributed by atoms with Crippen LogP contribution in [0.5, 0.6) is 11.5 Å². The van der Waals surface area contributed by atoms with Gasteiger partial charge in [-0.05, 0) is 72.6 Å². The quantitative estimate of drug-likeness (QED) is 0.488. The minimum Gasteiger partial charge on any atom is -0.508 e. The molecule has 4 nitrogen and oxygen atoms in total. The number of phenolic OH excluding ortho intramolecular Hbond substituents is 1. The van der Waals surface area contributed by atoms with Crippen molar-refractivity contribution in [2.24, 2.45) is 4.99 Å². The molecule has 4 rings (SSSR count). The molecule has 1 aliphatic heterocycles. The normalized spacial score (nSPS) is 18.7. The molecule has 2 atom stereocenters. The van der Waals surface area contributed by atoms with Gasteiger partial charge in [-0.2, -0.15) is 0 Å². The highest BCUT2D eigenvalue weighted by Crippen LogP contribution is 2.36. The Kier molecular flexibility index (Phi) is 6.16. The smallest absolute Gasteiger partial charge is 0.126 e. The van der Waals surface area contributed by atoms with Gasteiger partial charge in [-0.1, -0.05) is 28.1 Å². The van der Waals surface area contributed by atoms with Gasteiger partial charge in [0, 0.05) is 28.2 Å². The lowest BCUT2D eigenvalue weighted by atomic mass is 9.93. The summed E-state index contributed by atoms with van der Waals surface area (Å²) in [6.07, 6.45) is 0.250. The fraction of sp³-hybridized carbons (Fsp3) is 0.208. The third kappa shape index (κ3) is 4.55. The van der Waals surface area contributed by atoms with Gasteiger partial charge in [0.15, 0.2) is 0 Å². The maximum atomic E-state index is 13.4. The number of hydrogen-bond acceptors (Lipinski definition) is 4. The lowest BCUT2D eigenvalue weighted by Gasteiger charge is -2.31. The summed E-state index contributed by atoms with van der Waals surface area (Å²) in [5.74, 6) is 0.750. The molecule has 0 spiro atoms. The molecule has 30 heavy (non-hydrogen) atoms. The minimum atomic E-state index is -0.357. The van der Waals surface area contributed by atoms with E-state index in [0.29, 0.717) is 13.0 Å². The summed E-state index contributed by atoms with van der Waals surface area (Å²) in [7, 11) is 0. The standard InChI is InChI=1S/C24H22BrFN2O2/c1-2-30-19-10-5-15(6-11-19)21-14-22(20-13-17(25)7-12-23(20)29)28-24(27-21)16-3-8-18(26)9-4-16/h3-13,22,24,28-29H,2,14H2,1H3/t22-,24-/m0/s1. The molecule has 1 heterocycles. The zero-order chi connectivity index (χ0) is 21.1. The number of nitrogens with one attached hydrogen (secondary N) is 1. The summed E-state index contributed by atoms with van der Waals surface area (Å²) in [5, 5.41) is 14.0. The molecule has 0 saturated heterocycles. The first-order valence-corrected chi connectivity index (χ1v) is 10.6. The van der Waals surface area contributed by atoms with Crippen LogP contribution in [0.2, 0.25) is 0 Å². The lowest BCUT2D eigenvalue weighted by Crippen LogP contribution is -2.33. The topological polar surface area (TPSA) is 53.8 Å². The van der Waals surface area contributed by atoms with Crippen LogP contribution >= 0.6 is 15.9 Å². The molecule has 0 saturated carbocycles. The van der Waals surface area contributed by atoms with E-state index in [4.69, 9.17) is 9.73 Å². The van der Waals surface area contributed by atoms with Gasteiger partial charge in [0.2, 0.25) is 0 Å². The number of nitrogens with zero attached hydrogens (tertiary/aromatic N) is 1. The molecule has 0 amide bonds. The van der Waals surface area contributed by atoms with Gasteiger partial charge in [-0.3, -0.25) is 10.3 Å². The molecular weight excluding hydrogens is 447 g/mol. The number of hydrogen-bond donors (Lipinski definition) is 2. The van der Waals surface area contributed by atoms with Crippen LogP contribution in [0.4, 0.5) is 4.39 Å². The molecule has 0 aliphatic carbocycles. The van der Waals surface area contributed by atoms with Gasteiger partial charge in [-0.15, -0.1) is 0 Å². The molecule has 1 aliphatic rings. The highest BCUT2D eigenvalue weighted by atomic mass is 79.9. The molecule has 0 unspecified atom stereocenters. The van der Waals surface area contributed by atoms with E-state index in [1.807, 2.05) is 37.3 Å². The molecule has 3 aromatic carbocycles. The second-order valence-electron chi connectivity index (χ2n) is 7.11. The summed E-state index contributed by atoms with van der Waals surface area (Å²) >= 11 is 3.49. The second kappa shape index (κ2) is 8.98. The largest absolute Gasteiger partial charge is 0.508 e. The van der Waals surface area contributed by atoms with Gasteiger partial charge in [0.25, 0.3) is 0 Å². The fourth-order valence-electron chi connectivity index (χ4n) is 3.61. The van der Waals surface area contributed by atoms with Crippen LogP contribution in [-0.4, -0.2) is 17.4 Å². The number of halogens is 2. The van der Waals surface area contributed by atoms with Crippen LogP contribution in [0.15, 0.2) is 76.2 Å². The van der Waals surface area contributed by atoms with Gasteiger partial charge < -0.3 is 9.84 Å². The molecule has 0 bridgehead atoms. The van der Waals surface area contributed by atoms with Crippen LogP contribution < -0.4 is 10.1 Å². The Balaban J connectivity index is 1.72. The van der Waals surface area contributed by atoms with Crippen molar-refractivity contribution in [2.75, 3.05) is 6.61 Å². The predicted octanol–water partition coefficient (Wildman–Crippen LogP) is 5.92. The molecule has 2 N–H and O–H groups in total. The van der Waals surface area contributed by atoms with E-state index in [1.165, 1.54) is 12.1 Å². The SMILES string of the molecule is CCOc1ccc(C2=N[C@H](c3ccc(F)cc3)N[C@H](c3cc(Br)ccc3O)C2)cc1. The van der Waals surface area contributed by atoms with E-state index in [2.05, 4.69) is 21.2 Å². The molecule has 3 aromatic rings. The van der Waals surface area contributed by atoms with Crippen molar-refractivity contribution in [1.29, 1.82) is 0 Å². The van der Waals surface area contributed by atoms with Gasteiger partial charge in [0.05, 0.1) is 6.61 Å². The Morgan fingerprint density at radius 1 is 1.10 bits per heavy atom. The number of phenols is 1. The van der Waals surface area contributed by atoms with E-state index >= 15 is 0 Å². The zero-order valence-corrected chi connectivity index (χ0v) is 18.1. The van der Waals surface area contributed by atoms with E-state index in [1.54, 1.807) is 24.3 Å². The van der Waals surface area contributed by atoms with Crippen molar-refractivity contribution < 1.29 is 14.2 Å². The summed E-state index contributed by atoms with van der Waals surface area (Å²) in [4.78, 5) is 4.90. The monoisotopic (exact) mass is 468 g/mol. The second-order valence-corrected chi connectivity index (χ2v) is 8.03. The molecular formula is C24H22BrFN2O2.